The molecule has 140 valence electrons. The zero-order chi connectivity index (χ0) is 18.7. The van der Waals surface area contributed by atoms with Gasteiger partial charge in [-0.1, -0.05) is 26.0 Å². The number of esters is 1. The molecule has 1 aromatic rings. The molecule has 1 atom stereocenters. The minimum Gasteiger partial charge on any atom is -0.465 e. The molecule has 0 saturated heterocycles. The second-order valence-corrected chi connectivity index (χ2v) is 7.52. The third-order valence-corrected chi connectivity index (χ3v) is 5.71. The lowest BCUT2D eigenvalue weighted by Gasteiger charge is -2.32. The van der Waals surface area contributed by atoms with E-state index in [0.29, 0.717) is 30.2 Å². The quantitative estimate of drug-likeness (QED) is 0.575. The van der Waals surface area contributed by atoms with E-state index in [2.05, 4.69) is 6.92 Å². The van der Waals surface area contributed by atoms with Crippen molar-refractivity contribution in [1.82, 2.24) is 4.90 Å². The zero-order valence-electron chi connectivity index (χ0n) is 15.6. The standard InChI is InChI=1S/C21H27NO4/c1-3-12-26-21(25)16-10-8-15(9-11-16)14(2)13-22-19(23)17-6-4-5-7-18(17)20(22)24/h4-7,14-16H,3,8-13H2,1-2H3. The van der Waals surface area contributed by atoms with Gasteiger partial charge in [-0.25, -0.2) is 0 Å². The van der Waals surface area contributed by atoms with Gasteiger partial charge in [-0.15, -0.1) is 0 Å². The Morgan fingerprint density at radius 3 is 2.23 bits per heavy atom. The molecule has 0 bridgehead atoms. The number of fused-ring (bicyclic) bond motifs is 1. The first-order valence-electron chi connectivity index (χ1n) is 9.64. The van der Waals surface area contributed by atoms with E-state index >= 15 is 0 Å². The van der Waals surface area contributed by atoms with Crippen LogP contribution in [-0.4, -0.2) is 35.8 Å². The molecule has 2 aliphatic rings. The summed E-state index contributed by atoms with van der Waals surface area (Å²) in [5, 5.41) is 0. The van der Waals surface area contributed by atoms with E-state index in [1.807, 2.05) is 6.92 Å². The lowest BCUT2D eigenvalue weighted by Crippen LogP contribution is -2.37. The monoisotopic (exact) mass is 357 g/mol. The largest absolute Gasteiger partial charge is 0.465 e. The summed E-state index contributed by atoms with van der Waals surface area (Å²) >= 11 is 0. The number of rotatable bonds is 6. The van der Waals surface area contributed by atoms with Gasteiger partial charge in [0.25, 0.3) is 11.8 Å². The van der Waals surface area contributed by atoms with E-state index in [-0.39, 0.29) is 29.6 Å². The van der Waals surface area contributed by atoms with Crippen LogP contribution in [-0.2, 0) is 9.53 Å². The van der Waals surface area contributed by atoms with Crippen LogP contribution < -0.4 is 0 Å². The number of nitrogens with zero attached hydrogens (tertiary/aromatic N) is 1. The third kappa shape index (κ3) is 3.67. The first kappa shape index (κ1) is 18.6. The highest BCUT2D eigenvalue weighted by atomic mass is 16.5. The van der Waals surface area contributed by atoms with Crippen molar-refractivity contribution < 1.29 is 19.1 Å². The molecule has 1 unspecified atom stereocenters. The van der Waals surface area contributed by atoms with Gasteiger partial charge in [0.05, 0.1) is 23.7 Å². The average Bonchev–Trinajstić information content (AvgIpc) is 2.91. The van der Waals surface area contributed by atoms with Crippen molar-refractivity contribution in [3.63, 3.8) is 0 Å². The molecule has 1 aliphatic heterocycles. The number of imide groups is 1. The zero-order valence-corrected chi connectivity index (χ0v) is 15.6. The fourth-order valence-corrected chi connectivity index (χ4v) is 4.09. The predicted molar refractivity (Wildman–Crippen MR) is 97.7 cm³/mol. The van der Waals surface area contributed by atoms with Gasteiger partial charge in [0, 0.05) is 6.54 Å². The van der Waals surface area contributed by atoms with Crippen LogP contribution in [0.3, 0.4) is 0 Å². The summed E-state index contributed by atoms with van der Waals surface area (Å²) in [5.41, 5.74) is 1.01. The van der Waals surface area contributed by atoms with Crippen LogP contribution >= 0.6 is 0 Å². The first-order valence-corrected chi connectivity index (χ1v) is 9.64. The Bertz CT molecular complexity index is 656. The Balaban J connectivity index is 1.54. The first-order chi connectivity index (χ1) is 12.5. The maximum absolute atomic E-state index is 12.5. The Morgan fingerprint density at radius 2 is 1.69 bits per heavy atom. The summed E-state index contributed by atoms with van der Waals surface area (Å²) in [5.74, 6) is 0.213. The predicted octanol–water partition coefficient (Wildman–Crippen LogP) is 3.68. The summed E-state index contributed by atoms with van der Waals surface area (Å²) in [7, 11) is 0. The van der Waals surface area contributed by atoms with Crippen molar-refractivity contribution in [1.29, 1.82) is 0 Å². The Morgan fingerprint density at radius 1 is 1.12 bits per heavy atom. The molecule has 1 aromatic carbocycles. The van der Waals surface area contributed by atoms with Crippen molar-refractivity contribution >= 4 is 17.8 Å². The highest BCUT2D eigenvalue weighted by Crippen LogP contribution is 2.35. The van der Waals surface area contributed by atoms with Crippen LogP contribution in [0.15, 0.2) is 24.3 Å². The average molecular weight is 357 g/mol. The molecule has 5 heteroatoms. The van der Waals surface area contributed by atoms with Gasteiger partial charge in [0.1, 0.15) is 0 Å². The molecule has 1 aliphatic carbocycles. The fourth-order valence-electron chi connectivity index (χ4n) is 4.09. The molecule has 0 aromatic heterocycles. The number of ether oxygens (including phenoxy) is 1. The smallest absolute Gasteiger partial charge is 0.308 e. The molecular weight excluding hydrogens is 330 g/mol. The molecule has 5 nitrogen and oxygen atoms in total. The van der Waals surface area contributed by atoms with E-state index in [1.54, 1.807) is 24.3 Å². The molecular formula is C21H27NO4. The van der Waals surface area contributed by atoms with Gasteiger partial charge in [-0.05, 0) is 56.1 Å². The molecule has 2 amide bonds. The van der Waals surface area contributed by atoms with Crippen LogP contribution in [0.4, 0.5) is 0 Å². The van der Waals surface area contributed by atoms with E-state index in [0.717, 1.165) is 32.1 Å². The van der Waals surface area contributed by atoms with E-state index in [9.17, 15) is 14.4 Å². The lowest BCUT2D eigenvalue weighted by molar-refractivity contribution is -0.150. The summed E-state index contributed by atoms with van der Waals surface area (Å²) in [6.07, 6.45) is 4.39. The number of benzene rings is 1. The maximum atomic E-state index is 12.5. The highest BCUT2D eigenvalue weighted by molar-refractivity contribution is 6.21. The second kappa shape index (κ2) is 8.02. The molecule has 3 rings (SSSR count). The van der Waals surface area contributed by atoms with Crippen LogP contribution in [0, 0.1) is 17.8 Å². The summed E-state index contributed by atoms with van der Waals surface area (Å²) in [6, 6.07) is 7.01. The van der Waals surface area contributed by atoms with Crippen molar-refractivity contribution in [2.75, 3.05) is 13.2 Å². The van der Waals surface area contributed by atoms with E-state index in [1.165, 1.54) is 4.90 Å². The molecule has 1 heterocycles. The molecule has 0 spiro atoms. The minimum atomic E-state index is -0.186. The van der Waals surface area contributed by atoms with Crippen molar-refractivity contribution in [3.8, 4) is 0 Å². The Labute approximate surface area is 154 Å². The van der Waals surface area contributed by atoms with Crippen LogP contribution in [0.25, 0.3) is 0 Å². The normalized spacial score (nSPS) is 23.7. The van der Waals surface area contributed by atoms with Gasteiger partial charge < -0.3 is 4.74 Å². The summed E-state index contributed by atoms with van der Waals surface area (Å²) in [6.45, 7) is 5.03. The topological polar surface area (TPSA) is 63.7 Å². The number of carbonyl (C=O) groups is 3. The highest BCUT2D eigenvalue weighted by Gasteiger charge is 2.38. The van der Waals surface area contributed by atoms with Crippen LogP contribution in [0.5, 0.6) is 0 Å². The van der Waals surface area contributed by atoms with Crippen molar-refractivity contribution in [3.05, 3.63) is 35.4 Å². The maximum Gasteiger partial charge on any atom is 0.308 e. The number of hydrogen-bond acceptors (Lipinski definition) is 4. The Kier molecular flexibility index (Phi) is 5.74. The molecule has 1 fully saturated rings. The fraction of sp³-hybridized carbons (Fsp3) is 0.571. The van der Waals surface area contributed by atoms with Gasteiger partial charge in [0.15, 0.2) is 0 Å². The van der Waals surface area contributed by atoms with Gasteiger partial charge in [0.2, 0.25) is 0 Å². The molecule has 0 N–H and O–H groups in total. The van der Waals surface area contributed by atoms with Gasteiger partial charge in [-0.2, -0.15) is 0 Å². The van der Waals surface area contributed by atoms with Crippen LogP contribution in [0.1, 0.15) is 66.7 Å². The van der Waals surface area contributed by atoms with Crippen molar-refractivity contribution in [2.45, 2.75) is 46.0 Å². The number of carbonyl (C=O) groups excluding carboxylic acids is 3. The van der Waals surface area contributed by atoms with Crippen LogP contribution in [0.2, 0.25) is 0 Å². The minimum absolute atomic E-state index is 0.00399. The SMILES string of the molecule is CCCOC(=O)C1CCC(C(C)CN2C(=O)c3ccccc3C2=O)CC1. The van der Waals surface area contributed by atoms with E-state index < -0.39 is 0 Å². The summed E-state index contributed by atoms with van der Waals surface area (Å²) in [4.78, 5) is 38.4. The number of amides is 2. The Hall–Kier alpha value is -2.17. The number of hydrogen-bond donors (Lipinski definition) is 0. The molecule has 26 heavy (non-hydrogen) atoms. The molecule has 1 saturated carbocycles. The summed E-state index contributed by atoms with van der Waals surface area (Å²) < 4.78 is 5.26. The van der Waals surface area contributed by atoms with Crippen molar-refractivity contribution in [2.24, 2.45) is 17.8 Å². The van der Waals surface area contributed by atoms with Gasteiger partial charge in [-0.3, -0.25) is 19.3 Å². The third-order valence-electron chi connectivity index (χ3n) is 5.71. The van der Waals surface area contributed by atoms with Gasteiger partial charge >= 0.3 is 5.97 Å². The second-order valence-electron chi connectivity index (χ2n) is 7.52. The lowest BCUT2D eigenvalue weighted by atomic mass is 9.76. The van der Waals surface area contributed by atoms with E-state index in [4.69, 9.17) is 4.74 Å². The molecule has 0 radical (unpaired) electrons.